The highest BCUT2D eigenvalue weighted by atomic mass is 15.2. The topological polar surface area (TPSA) is 18.8 Å². The number of anilines is 1. The summed E-state index contributed by atoms with van der Waals surface area (Å²) in [5, 5.41) is 0. The van der Waals surface area contributed by atoms with Crippen LogP contribution in [0, 0.1) is 0 Å². The Morgan fingerprint density at radius 1 is 1.12 bits per heavy atom. The van der Waals surface area contributed by atoms with E-state index >= 15 is 0 Å². The van der Waals surface area contributed by atoms with Crippen LogP contribution in [0.1, 0.15) is 11.1 Å². The molecule has 2 heterocycles. The fourth-order valence-corrected chi connectivity index (χ4v) is 2.54. The maximum Gasteiger partial charge on any atom is 0.0430 e. The Morgan fingerprint density at radius 2 is 1.94 bits per heavy atom. The molecule has 0 saturated carbocycles. The summed E-state index contributed by atoms with van der Waals surface area (Å²) in [5.74, 6) is 0. The zero-order valence-corrected chi connectivity index (χ0v) is 10.4. The summed E-state index contributed by atoms with van der Waals surface area (Å²) < 4.78 is 0. The van der Waals surface area contributed by atoms with Gasteiger partial charge in [0, 0.05) is 44.6 Å². The highest BCUT2D eigenvalue weighted by molar-refractivity contribution is 5.83. The molecule has 1 aromatic carbocycles. The maximum atomic E-state index is 4.33. The first kappa shape index (κ1) is 10.8. The number of likely N-dealkylation sites (N-methyl/N-ethyl adjacent to an activating group) is 1. The molecule has 0 aromatic heterocycles. The molecule has 0 radical (unpaired) electrons. The molecule has 0 spiro atoms. The summed E-state index contributed by atoms with van der Waals surface area (Å²) in [5.41, 5.74) is 4.14. The van der Waals surface area contributed by atoms with Crippen LogP contribution in [0.2, 0.25) is 0 Å². The summed E-state index contributed by atoms with van der Waals surface area (Å²) in [6.07, 6.45) is 3.10. The second-order valence-corrected chi connectivity index (χ2v) is 4.96. The number of aliphatic imine (C=N–C) groups is 1. The molecule has 3 nitrogen and oxygen atoms in total. The van der Waals surface area contributed by atoms with E-state index in [1.54, 1.807) is 0 Å². The summed E-state index contributed by atoms with van der Waals surface area (Å²) in [7, 11) is 2.20. The van der Waals surface area contributed by atoms with Crippen LogP contribution in [0.3, 0.4) is 0 Å². The van der Waals surface area contributed by atoms with Gasteiger partial charge in [0.25, 0.3) is 0 Å². The molecule has 1 aromatic rings. The van der Waals surface area contributed by atoms with Crippen molar-refractivity contribution in [1.29, 1.82) is 0 Å². The SMILES string of the molecule is CN1CCN(c2ccc3c(c2)CCN=C3)CC1. The van der Waals surface area contributed by atoms with Crippen LogP contribution in [0.25, 0.3) is 0 Å². The number of piperazine rings is 1. The number of nitrogens with zero attached hydrogens (tertiary/aromatic N) is 3. The van der Waals surface area contributed by atoms with E-state index in [9.17, 15) is 0 Å². The Balaban J connectivity index is 1.82. The van der Waals surface area contributed by atoms with Crippen molar-refractivity contribution in [2.24, 2.45) is 4.99 Å². The molecular weight excluding hydrogens is 210 g/mol. The maximum absolute atomic E-state index is 4.33. The van der Waals surface area contributed by atoms with E-state index in [4.69, 9.17) is 0 Å². The van der Waals surface area contributed by atoms with Crippen LogP contribution in [0.4, 0.5) is 5.69 Å². The average Bonchev–Trinajstić information content (AvgIpc) is 2.39. The number of rotatable bonds is 1. The van der Waals surface area contributed by atoms with Gasteiger partial charge in [-0.2, -0.15) is 0 Å². The molecule has 2 aliphatic rings. The van der Waals surface area contributed by atoms with Crippen molar-refractivity contribution in [3.05, 3.63) is 29.3 Å². The third-order valence-electron chi connectivity index (χ3n) is 3.74. The van der Waals surface area contributed by atoms with Gasteiger partial charge in [-0.3, -0.25) is 4.99 Å². The monoisotopic (exact) mass is 229 g/mol. The molecule has 0 bridgehead atoms. The number of hydrogen-bond donors (Lipinski definition) is 0. The van der Waals surface area contributed by atoms with Gasteiger partial charge in [-0.1, -0.05) is 6.07 Å². The van der Waals surface area contributed by atoms with Gasteiger partial charge in [-0.15, -0.1) is 0 Å². The first-order chi connectivity index (χ1) is 8.33. The van der Waals surface area contributed by atoms with Gasteiger partial charge < -0.3 is 9.80 Å². The minimum absolute atomic E-state index is 0.944. The largest absolute Gasteiger partial charge is 0.369 e. The number of fused-ring (bicyclic) bond motifs is 1. The summed E-state index contributed by atoms with van der Waals surface area (Å²) in [6.45, 7) is 5.56. The predicted molar refractivity (Wildman–Crippen MR) is 72.3 cm³/mol. The molecular formula is C14H19N3. The van der Waals surface area contributed by atoms with Gasteiger partial charge >= 0.3 is 0 Å². The molecule has 0 unspecified atom stereocenters. The van der Waals surface area contributed by atoms with Gasteiger partial charge in [0.2, 0.25) is 0 Å². The molecule has 3 heteroatoms. The Kier molecular flexibility index (Phi) is 2.85. The molecule has 0 atom stereocenters. The first-order valence-corrected chi connectivity index (χ1v) is 6.39. The van der Waals surface area contributed by atoms with E-state index in [1.807, 2.05) is 6.21 Å². The summed E-state index contributed by atoms with van der Waals surface area (Å²) in [6, 6.07) is 6.80. The second-order valence-electron chi connectivity index (χ2n) is 4.96. The quantitative estimate of drug-likeness (QED) is 0.725. The predicted octanol–water partition coefficient (Wildman–Crippen LogP) is 1.41. The molecule has 90 valence electrons. The van der Waals surface area contributed by atoms with Crippen molar-refractivity contribution in [2.75, 3.05) is 44.7 Å². The van der Waals surface area contributed by atoms with Crippen molar-refractivity contribution in [3.8, 4) is 0 Å². The third-order valence-corrected chi connectivity index (χ3v) is 3.74. The van der Waals surface area contributed by atoms with Gasteiger partial charge in [-0.05, 0) is 36.7 Å². The van der Waals surface area contributed by atoms with Crippen molar-refractivity contribution in [2.45, 2.75) is 6.42 Å². The fraction of sp³-hybridized carbons (Fsp3) is 0.500. The highest BCUT2D eigenvalue weighted by Crippen LogP contribution is 2.22. The van der Waals surface area contributed by atoms with Crippen molar-refractivity contribution in [3.63, 3.8) is 0 Å². The fourth-order valence-electron chi connectivity index (χ4n) is 2.54. The molecule has 0 amide bonds. The molecule has 0 N–H and O–H groups in total. The lowest BCUT2D eigenvalue weighted by Crippen LogP contribution is -2.44. The van der Waals surface area contributed by atoms with E-state index in [2.05, 4.69) is 40.0 Å². The minimum Gasteiger partial charge on any atom is -0.369 e. The zero-order valence-electron chi connectivity index (χ0n) is 10.4. The van der Waals surface area contributed by atoms with Crippen molar-refractivity contribution >= 4 is 11.9 Å². The number of benzene rings is 1. The normalized spacial score (nSPS) is 20.4. The average molecular weight is 229 g/mol. The van der Waals surface area contributed by atoms with Crippen molar-refractivity contribution in [1.82, 2.24) is 4.90 Å². The van der Waals surface area contributed by atoms with Crippen LogP contribution in [0.15, 0.2) is 23.2 Å². The van der Waals surface area contributed by atoms with Crippen LogP contribution in [-0.4, -0.2) is 50.9 Å². The minimum atomic E-state index is 0.944. The van der Waals surface area contributed by atoms with Crippen LogP contribution < -0.4 is 4.90 Å². The lowest BCUT2D eigenvalue weighted by molar-refractivity contribution is 0.313. The highest BCUT2D eigenvalue weighted by Gasteiger charge is 2.15. The molecule has 0 aliphatic carbocycles. The Hall–Kier alpha value is -1.35. The lowest BCUT2D eigenvalue weighted by Gasteiger charge is -2.34. The van der Waals surface area contributed by atoms with Gasteiger partial charge in [0.1, 0.15) is 0 Å². The number of hydrogen-bond acceptors (Lipinski definition) is 3. The Morgan fingerprint density at radius 3 is 2.76 bits per heavy atom. The zero-order chi connectivity index (χ0) is 11.7. The summed E-state index contributed by atoms with van der Waals surface area (Å²) >= 11 is 0. The van der Waals surface area contributed by atoms with E-state index in [0.717, 1.165) is 26.1 Å². The molecule has 1 saturated heterocycles. The molecule has 17 heavy (non-hydrogen) atoms. The lowest BCUT2D eigenvalue weighted by atomic mass is 10.0. The molecule has 2 aliphatic heterocycles. The standard InChI is InChI=1S/C14H19N3/c1-16-6-8-17(9-7-16)14-3-2-13-11-15-5-4-12(13)10-14/h2-3,10-11H,4-9H2,1H3. The third kappa shape index (κ3) is 2.20. The van der Waals surface area contributed by atoms with E-state index < -0.39 is 0 Å². The van der Waals surface area contributed by atoms with E-state index in [-0.39, 0.29) is 0 Å². The smallest absolute Gasteiger partial charge is 0.0430 e. The second kappa shape index (κ2) is 4.49. The van der Waals surface area contributed by atoms with Crippen molar-refractivity contribution < 1.29 is 0 Å². The first-order valence-electron chi connectivity index (χ1n) is 6.39. The Bertz CT molecular complexity index is 431. The van der Waals surface area contributed by atoms with E-state index in [1.165, 1.54) is 29.9 Å². The van der Waals surface area contributed by atoms with Gasteiger partial charge in [-0.25, -0.2) is 0 Å². The van der Waals surface area contributed by atoms with Gasteiger partial charge in [0.15, 0.2) is 0 Å². The summed E-state index contributed by atoms with van der Waals surface area (Å²) in [4.78, 5) is 9.21. The van der Waals surface area contributed by atoms with Crippen LogP contribution >= 0.6 is 0 Å². The van der Waals surface area contributed by atoms with Crippen LogP contribution in [0.5, 0.6) is 0 Å². The van der Waals surface area contributed by atoms with Crippen LogP contribution in [-0.2, 0) is 6.42 Å². The molecule has 3 rings (SSSR count). The Labute approximate surface area is 103 Å². The molecule has 1 fully saturated rings. The van der Waals surface area contributed by atoms with Gasteiger partial charge in [0.05, 0.1) is 0 Å². The van der Waals surface area contributed by atoms with E-state index in [0.29, 0.717) is 0 Å².